The van der Waals surface area contributed by atoms with Crippen LogP contribution in [0.4, 0.5) is 0 Å². The molecule has 0 unspecified atom stereocenters. The highest BCUT2D eigenvalue weighted by Gasteiger charge is 2.14. The van der Waals surface area contributed by atoms with Gasteiger partial charge in [0.05, 0.1) is 12.9 Å². The van der Waals surface area contributed by atoms with Crippen LogP contribution in [0, 0.1) is 0 Å². The Bertz CT molecular complexity index is 294. The summed E-state index contributed by atoms with van der Waals surface area (Å²) in [6.45, 7) is 4.29. The fraction of sp³-hybridized carbons (Fsp3) is 0.600. The molecule has 0 amide bonds. The summed E-state index contributed by atoms with van der Waals surface area (Å²) in [5.74, 6) is -0.333. The van der Waals surface area contributed by atoms with E-state index in [1.54, 1.807) is 6.92 Å². The van der Waals surface area contributed by atoms with E-state index in [-0.39, 0.29) is 5.97 Å². The molecule has 0 aliphatic heterocycles. The lowest BCUT2D eigenvalue weighted by Gasteiger charge is -2.01. The summed E-state index contributed by atoms with van der Waals surface area (Å²) < 4.78 is 4.89. The number of carbonyl (C=O) groups excluding carboxylic acids is 1. The topological polar surface area (TPSA) is 55.0 Å². The van der Waals surface area contributed by atoms with Gasteiger partial charge in [0.1, 0.15) is 0 Å². The van der Waals surface area contributed by atoms with Gasteiger partial charge in [-0.15, -0.1) is 0 Å². The number of aromatic nitrogens is 2. The van der Waals surface area contributed by atoms with Crippen molar-refractivity contribution in [3.8, 4) is 0 Å². The predicted octanol–water partition coefficient (Wildman–Crippen LogP) is 1.93. The van der Waals surface area contributed by atoms with E-state index in [9.17, 15) is 4.79 Å². The van der Waals surface area contributed by atoms with Gasteiger partial charge < -0.3 is 9.72 Å². The molecule has 0 aromatic carbocycles. The smallest absolute Gasteiger partial charge is 0.358 e. The van der Waals surface area contributed by atoms with Gasteiger partial charge in [-0.05, 0) is 19.8 Å². The number of carbonyl (C=O) groups is 1. The van der Waals surface area contributed by atoms with Crippen molar-refractivity contribution in [2.75, 3.05) is 6.61 Å². The third-order valence-corrected chi connectivity index (χ3v) is 1.97. The van der Waals surface area contributed by atoms with Crippen LogP contribution < -0.4 is 0 Å². The van der Waals surface area contributed by atoms with Crippen molar-refractivity contribution in [2.45, 2.75) is 33.1 Å². The molecule has 1 aromatic rings. The zero-order valence-electron chi connectivity index (χ0n) is 8.67. The summed E-state index contributed by atoms with van der Waals surface area (Å²) >= 11 is 0. The molecule has 1 heterocycles. The zero-order valence-corrected chi connectivity index (χ0v) is 8.67. The minimum absolute atomic E-state index is 0.333. The third-order valence-electron chi connectivity index (χ3n) is 1.97. The van der Waals surface area contributed by atoms with Crippen LogP contribution in [0.2, 0.25) is 0 Å². The monoisotopic (exact) mass is 196 g/mol. The summed E-state index contributed by atoms with van der Waals surface area (Å²) in [4.78, 5) is 18.3. The zero-order chi connectivity index (χ0) is 10.4. The Labute approximate surface area is 83.7 Å². The van der Waals surface area contributed by atoms with Gasteiger partial charge in [-0.1, -0.05) is 13.3 Å². The maximum Gasteiger partial charge on any atom is 0.358 e. The molecular weight excluding hydrogens is 180 g/mol. The average Bonchev–Trinajstić information content (AvgIpc) is 2.63. The van der Waals surface area contributed by atoms with Gasteiger partial charge in [0.25, 0.3) is 0 Å². The van der Waals surface area contributed by atoms with Crippen LogP contribution in [0.5, 0.6) is 0 Å². The molecule has 0 saturated carbocycles. The SMILES string of the molecule is CCCCc1[nH]cnc1C(=O)OCC. The molecule has 0 aliphatic rings. The summed E-state index contributed by atoms with van der Waals surface area (Å²) in [6.07, 6.45) is 4.54. The molecule has 0 saturated heterocycles. The lowest BCUT2D eigenvalue weighted by Crippen LogP contribution is -2.08. The van der Waals surface area contributed by atoms with Crippen LogP contribution in [-0.4, -0.2) is 22.5 Å². The molecule has 14 heavy (non-hydrogen) atoms. The van der Waals surface area contributed by atoms with E-state index in [1.807, 2.05) is 0 Å². The number of imidazole rings is 1. The van der Waals surface area contributed by atoms with Crippen molar-refractivity contribution < 1.29 is 9.53 Å². The molecule has 1 aromatic heterocycles. The fourth-order valence-electron chi connectivity index (χ4n) is 1.24. The summed E-state index contributed by atoms with van der Waals surface area (Å²) in [5, 5.41) is 0. The molecule has 1 N–H and O–H groups in total. The minimum atomic E-state index is -0.333. The summed E-state index contributed by atoms with van der Waals surface area (Å²) in [5.41, 5.74) is 1.31. The molecule has 0 fully saturated rings. The van der Waals surface area contributed by atoms with E-state index in [4.69, 9.17) is 4.74 Å². The number of nitrogens with one attached hydrogen (secondary N) is 1. The molecule has 0 spiro atoms. The Kier molecular flexibility index (Phi) is 4.16. The molecule has 4 heteroatoms. The minimum Gasteiger partial charge on any atom is -0.461 e. The molecule has 4 nitrogen and oxygen atoms in total. The van der Waals surface area contributed by atoms with Crippen molar-refractivity contribution in [3.63, 3.8) is 0 Å². The lowest BCUT2D eigenvalue weighted by atomic mass is 10.2. The van der Waals surface area contributed by atoms with Gasteiger partial charge in [0.15, 0.2) is 5.69 Å². The highest BCUT2D eigenvalue weighted by atomic mass is 16.5. The van der Waals surface area contributed by atoms with Crippen LogP contribution in [0.1, 0.15) is 42.9 Å². The van der Waals surface area contributed by atoms with Crippen molar-refractivity contribution in [2.24, 2.45) is 0 Å². The summed E-state index contributed by atoms with van der Waals surface area (Å²) in [6, 6.07) is 0. The second-order valence-electron chi connectivity index (χ2n) is 3.05. The first-order valence-corrected chi connectivity index (χ1v) is 4.99. The van der Waals surface area contributed by atoms with Crippen molar-refractivity contribution in [1.29, 1.82) is 0 Å². The quantitative estimate of drug-likeness (QED) is 0.732. The van der Waals surface area contributed by atoms with E-state index < -0.39 is 0 Å². The molecule has 0 bridgehead atoms. The van der Waals surface area contributed by atoms with E-state index >= 15 is 0 Å². The van der Waals surface area contributed by atoms with E-state index in [0.29, 0.717) is 12.3 Å². The van der Waals surface area contributed by atoms with Crippen molar-refractivity contribution >= 4 is 5.97 Å². The van der Waals surface area contributed by atoms with Gasteiger partial charge in [-0.2, -0.15) is 0 Å². The van der Waals surface area contributed by atoms with Gasteiger partial charge >= 0.3 is 5.97 Å². The highest BCUT2D eigenvalue weighted by molar-refractivity contribution is 5.88. The molecular formula is C10H16N2O2. The number of esters is 1. The maximum absolute atomic E-state index is 11.4. The van der Waals surface area contributed by atoms with Crippen LogP contribution in [0.3, 0.4) is 0 Å². The second kappa shape index (κ2) is 5.42. The number of nitrogens with zero attached hydrogens (tertiary/aromatic N) is 1. The first-order chi connectivity index (χ1) is 6.79. The van der Waals surface area contributed by atoms with E-state index in [2.05, 4.69) is 16.9 Å². The largest absolute Gasteiger partial charge is 0.461 e. The van der Waals surface area contributed by atoms with E-state index in [0.717, 1.165) is 25.0 Å². The molecule has 0 aliphatic carbocycles. The van der Waals surface area contributed by atoms with Crippen LogP contribution in [0.25, 0.3) is 0 Å². The fourth-order valence-corrected chi connectivity index (χ4v) is 1.24. The molecule has 0 radical (unpaired) electrons. The van der Waals surface area contributed by atoms with Gasteiger partial charge in [0.2, 0.25) is 0 Å². The number of hydrogen-bond acceptors (Lipinski definition) is 3. The Balaban J connectivity index is 2.66. The Hall–Kier alpha value is -1.32. The predicted molar refractivity (Wildman–Crippen MR) is 53.2 cm³/mol. The Morgan fingerprint density at radius 3 is 3.00 bits per heavy atom. The van der Waals surface area contributed by atoms with Crippen molar-refractivity contribution in [3.05, 3.63) is 17.7 Å². The Morgan fingerprint density at radius 1 is 1.57 bits per heavy atom. The number of aryl methyl sites for hydroxylation is 1. The highest BCUT2D eigenvalue weighted by Crippen LogP contribution is 2.08. The van der Waals surface area contributed by atoms with E-state index in [1.165, 1.54) is 6.33 Å². The number of H-pyrrole nitrogens is 1. The normalized spacial score (nSPS) is 10.1. The van der Waals surface area contributed by atoms with Crippen LogP contribution >= 0.6 is 0 Å². The second-order valence-corrected chi connectivity index (χ2v) is 3.05. The standard InChI is InChI=1S/C10H16N2O2/c1-3-5-6-8-9(12-7-11-8)10(13)14-4-2/h7H,3-6H2,1-2H3,(H,11,12). The first-order valence-electron chi connectivity index (χ1n) is 4.99. The molecule has 78 valence electrons. The van der Waals surface area contributed by atoms with Crippen LogP contribution in [0.15, 0.2) is 6.33 Å². The Morgan fingerprint density at radius 2 is 2.36 bits per heavy atom. The number of hydrogen-bond donors (Lipinski definition) is 1. The van der Waals surface area contributed by atoms with Crippen molar-refractivity contribution in [1.82, 2.24) is 9.97 Å². The average molecular weight is 196 g/mol. The number of aromatic amines is 1. The van der Waals surface area contributed by atoms with Gasteiger partial charge in [-0.25, -0.2) is 9.78 Å². The number of unbranched alkanes of at least 4 members (excludes halogenated alkanes) is 1. The lowest BCUT2D eigenvalue weighted by molar-refractivity contribution is 0.0518. The number of rotatable bonds is 5. The van der Waals surface area contributed by atoms with Gasteiger partial charge in [-0.3, -0.25) is 0 Å². The molecule has 1 rings (SSSR count). The summed E-state index contributed by atoms with van der Waals surface area (Å²) in [7, 11) is 0. The third kappa shape index (κ3) is 2.58. The van der Waals surface area contributed by atoms with Gasteiger partial charge in [0, 0.05) is 5.69 Å². The first kappa shape index (κ1) is 10.8. The number of ether oxygens (including phenoxy) is 1. The van der Waals surface area contributed by atoms with Crippen LogP contribution in [-0.2, 0) is 11.2 Å². The molecule has 0 atom stereocenters. The maximum atomic E-state index is 11.4.